The lowest BCUT2D eigenvalue weighted by Gasteiger charge is -2.07. The number of hydrogen-bond acceptors (Lipinski definition) is 5. The molecule has 1 heterocycles. The molecule has 0 saturated heterocycles. The molecule has 0 radical (unpaired) electrons. The van der Waals surface area contributed by atoms with E-state index in [4.69, 9.17) is 4.74 Å². The van der Waals surface area contributed by atoms with E-state index in [1.807, 2.05) is 26.1 Å². The number of nitrogens with zero attached hydrogens (tertiary/aromatic N) is 1. The Bertz CT molecular complexity index is 355. The Morgan fingerprint density at radius 3 is 3.06 bits per heavy atom. The van der Waals surface area contributed by atoms with Crippen LogP contribution in [0.5, 0.6) is 0 Å². The molecule has 0 aromatic carbocycles. The molecule has 0 unspecified atom stereocenters. The van der Waals surface area contributed by atoms with E-state index in [9.17, 15) is 4.79 Å². The zero-order chi connectivity index (χ0) is 12.5. The van der Waals surface area contributed by atoms with E-state index in [2.05, 4.69) is 15.6 Å². The molecule has 5 heteroatoms. The highest BCUT2D eigenvalue weighted by molar-refractivity contribution is 5.69. The van der Waals surface area contributed by atoms with Crippen molar-refractivity contribution >= 4 is 17.5 Å². The summed E-state index contributed by atoms with van der Waals surface area (Å²) in [7, 11) is 1.83. The van der Waals surface area contributed by atoms with Crippen molar-refractivity contribution in [1.29, 1.82) is 0 Å². The number of pyridine rings is 1. The molecule has 0 aliphatic carbocycles. The van der Waals surface area contributed by atoms with Crippen molar-refractivity contribution < 1.29 is 9.53 Å². The van der Waals surface area contributed by atoms with E-state index in [1.165, 1.54) is 0 Å². The molecule has 0 saturated carbocycles. The highest BCUT2D eigenvalue weighted by atomic mass is 16.5. The molecule has 1 aromatic heterocycles. The van der Waals surface area contributed by atoms with E-state index < -0.39 is 0 Å². The third-order valence-electron chi connectivity index (χ3n) is 2.21. The third kappa shape index (κ3) is 5.19. The molecular formula is C12H19N3O2. The van der Waals surface area contributed by atoms with Crippen LogP contribution >= 0.6 is 0 Å². The summed E-state index contributed by atoms with van der Waals surface area (Å²) in [6.45, 7) is 3.00. The van der Waals surface area contributed by atoms with Crippen LogP contribution in [0.4, 0.5) is 11.5 Å². The van der Waals surface area contributed by atoms with Gasteiger partial charge in [0, 0.05) is 38.0 Å². The summed E-state index contributed by atoms with van der Waals surface area (Å²) < 4.78 is 4.84. The highest BCUT2D eigenvalue weighted by Gasteiger charge is 2.00. The minimum Gasteiger partial charge on any atom is -0.466 e. The lowest BCUT2D eigenvalue weighted by atomic mass is 10.3. The van der Waals surface area contributed by atoms with Crippen LogP contribution < -0.4 is 10.6 Å². The summed E-state index contributed by atoms with van der Waals surface area (Å²) in [5.41, 5.74) is 0.994. The van der Waals surface area contributed by atoms with Gasteiger partial charge in [0.05, 0.1) is 6.61 Å². The monoisotopic (exact) mass is 237 g/mol. The minimum absolute atomic E-state index is 0.139. The summed E-state index contributed by atoms with van der Waals surface area (Å²) >= 11 is 0. The molecule has 0 amide bonds. The number of esters is 1. The van der Waals surface area contributed by atoms with Crippen LogP contribution in [-0.2, 0) is 9.53 Å². The fourth-order valence-corrected chi connectivity index (χ4v) is 1.38. The molecule has 1 aromatic rings. The Labute approximate surface area is 102 Å². The van der Waals surface area contributed by atoms with Crippen molar-refractivity contribution in [2.75, 3.05) is 30.8 Å². The van der Waals surface area contributed by atoms with Crippen LogP contribution in [-0.4, -0.2) is 31.2 Å². The molecule has 0 atom stereocenters. The second-order valence-electron chi connectivity index (χ2n) is 3.52. The van der Waals surface area contributed by atoms with Gasteiger partial charge in [0.25, 0.3) is 0 Å². The second kappa shape index (κ2) is 7.49. The smallest absolute Gasteiger partial charge is 0.305 e. The molecule has 0 fully saturated rings. The maximum absolute atomic E-state index is 11.1. The average Bonchev–Trinajstić information content (AvgIpc) is 2.35. The summed E-state index contributed by atoms with van der Waals surface area (Å²) in [6.07, 6.45) is 2.94. The topological polar surface area (TPSA) is 63.2 Å². The first-order valence-corrected chi connectivity index (χ1v) is 5.79. The van der Waals surface area contributed by atoms with Gasteiger partial charge in [-0.1, -0.05) is 0 Å². The van der Waals surface area contributed by atoms with Crippen molar-refractivity contribution in [2.24, 2.45) is 0 Å². The number of ether oxygens (including phenoxy) is 1. The average molecular weight is 237 g/mol. The Morgan fingerprint density at radius 1 is 1.53 bits per heavy atom. The van der Waals surface area contributed by atoms with E-state index in [0.717, 1.165) is 24.5 Å². The van der Waals surface area contributed by atoms with Gasteiger partial charge < -0.3 is 15.4 Å². The van der Waals surface area contributed by atoms with Crippen LogP contribution in [0.15, 0.2) is 18.3 Å². The fourth-order valence-electron chi connectivity index (χ4n) is 1.38. The van der Waals surface area contributed by atoms with Gasteiger partial charge in [0.15, 0.2) is 0 Å². The number of nitrogens with one attached hydrogen (secondary N) is 2. The zero-order valence-electron chi connectivity index (χ0n) is 10.3. The van der Waals surface area contributed by atoms with E-state index in [0.29, 0.717) is 13.0 Å². The largest absolute Gasteiger partial charge is 0.466 e. The van der Waals surface area contributed by atoms with Crippen molar-refractivity contribution in [1.82, 2.24) is 4.98 Å². The lowest BCUT2D eigenvalue weighted by Crippen LogP contribution is -2.08. The first-order valence-electron chi connectivity index (χ1n) is 5.79. The van der Waals surface area contributed by atoms with Gasteiger partial charge >= 0.3 is 5.97 Å². The standard InChI is InChI=1S/C12H19N3O2/c1-3-17-12(16)5-4-7-14-10-6-8-15-11(9-10)13-2/h6,8-9H,3-5,7H2,1-2H3,(H2,13,14,15). The minimum atomic E-state index is -0.139. The van der Waals surface area contributed by atoms with Crippen molar-refractivity contribution in [3.05, 3.63) is 18.3 Å². The molecule has 1 rings (SSSR count). The molecule has 2 N–H and O–H groups in total. The molecule has 0 aliphatic rings. The summed E-state index contributed by atoms with van der Waals surface area (Å²) in [5.74, 6) is 0.681. The third-order valence-corrected chi connectivity index (χ3v) is 2.21. The maximum atomic E-state index is 11.1. The SMILES string of the molecule is CCOC(=O)CCCNc1ccnc(NC)c1. The fraction of sp³-hybridized carbons (Fsp3) is 0.500. The second-order valence-corrected chi connectivity index (χ2v) is 3.52. The molecule has 0 aliphatic heterocycles. The maximum Gasteiger partial charge on any atom is 0.305 e. The number of aromatic nitrogens is 1. The summed E-state index contributed by atoms with van der Waals surface area (Å²) in [4.78, 5) is 15.2. The predicted molar refractivity (Wildman–Crippen MR) is 68.1 cm³/mol. The van der Waals surface area contributed by atoms with E-state index in [-0.39, 0.29) is 5.97 Å². The molecule has 0 bridgehead atoms. The van der Waals surface area contributed by atoms with Gasteiger partial charge in [-0.3, -0.25) is 4.79 Å². The Hall–Kier alpha value is -1.78. The van der Waals surface area contributed by atoms with Gasteiger partial charge in [-0.15, -0.1) is 0 Å². The van der Waals surface area contributed by atoms with Crippen molar-refractivity contribution in [3.63, 3.8) is 0 Å². The highest BCUT2D eigenvalue weighted by Crippen LogP contribution is 2.11. The lowest BCUT2D eigenvalue weighted by molar-refractivity contribution is -0.143. The van der Waals surface area contributed by atoms with E-state index >= 15 is 0 Å². The Kier molecular flexibility index (Phi) is 5.85. The number of rotatable bonds is 7. The van der Waals surface area contributed by atoms with Crippen LogP contribution in [0.3, 0.4) is 0 Å². The van der Waals surface area contributed by atoms with Gasteiger partial charge in [0.2, 0.25) is 0 Å². The summed E-state index contributed by atoms with van der Waals surface area (Å²) in [5, 5.41) is 6.20. The molecular weight excluding hydrogens is 218 g/mol. The van der Waals surface area contributed by atoms with Gasteiger partial charge in [0.1, 0.15) is 5.82 Å². The van der Waals surface area contributed by atoms with E-state index in [1.54, 1.807) is 6.20 Å². The first-order chi connectivity index (χ1) is 8.26. The van der Waals surface area contributed by atoms with Crippen molar-refractivity contribution in [3.8, 4) is 0 Å². The quantitative estimate of drug-likeness (QED) is 0.560. The Morgan fingerprint density at radius 2 is 2.35 bits per heavy atom. The van der Waals surface area contributed by atoms with Crippen molar-refractivity contribution in [2.45, 2.75) is 19.8 Å². The van der Waals surface area contributed by atoms with Crippen LogP contribution in [0.25, 0.3) is 0 Å². The number of carbonyl (C=O) groups is 1. The normalized spacial score (nSPS) is 9.76. The predicted octanol–water partition coefficient (Wildman–Crippen LogP) is 1.88. The molecule has 94 valence electrons. The molecule has 0 spiro atoms. The van der Waals surface area contributed by atoms with Gasteiger partial charge in [-0.05, 0) is 19.4 Å². The van der Waals surface area contributed by atoms with Crippen LogP contribution in [0.2, 0.25) is 0 Å². The molecule has 5 nitrogen and oxygen atoms in total. The number of hydrogen-bond donors (Lipinski definition) is 2. The number of anilines is 2. The van der Waals surface area contributed by atoms with Gasteiger partial charge in [-0.2, -0.15) is 0 Å². The zero-order valence-corrected chi connectivity index (χ0v) is 10.3. The van der Waals surface area contributed by atoms with Crippen LogP contribution in [0.1, 0.15) is 19.8 Å². The van der Waals surface area contributed by atoms with Crippen LogP contribution in [0, 0.1) is 0 Å². The number of carbonyl (C=O) groups excluding carboxylic acids is 1. The Balaban J connectivity index is 2.24. The summed E-state index contributed by atoms with van der Waals surface area (Å²) in [6, 6.07) is 3.82. The first kappa shape index (κ1) is 13.3. The van der Waals surface area contributed by atoms with Gasteiger partial charge in [-0.25, -0.2) is 4.98 Å². The molecule has 17 heavy (non-hydrogen) atoms.